The van der Waals surface area contributed by atoms with Crippen molar-refractivity contribution in [1.82, 2.24) is 10.6 Å². The zero-order valence-corrected chi connectivity index (χ0v) is 14.5. The molecule has 0 aliphatic rings. The van der Waals surface area contributed by atoms with Gasteiger partial charge in [0.25, 0.3) is 5.91 Å². The number of nitrogens with one attached hydrogen (secondary N) is 2. The summed E-state index contributed by atoms with van der Waals surface area (Å²) in [5.74, 6) is -0.124. The molecule has 138 valence electrons. The molecule has 0 fully saturated rings. The molecule has 0 aromatic heterocycles. The fourth-order valence-electron chi connectivity index (χ4n) is 2.21. The van der Waals surface area contributed by atoms with E-state index in [0.717, 1.165) is 0 Å². The molecule has 2 amide bonds. The second-order valence-electron chi connectivity index (χ2n) is 5.41. The van der Waals surface area contributed by atoms with Crippen LogP contribution >= 0.6 is 0 Å². The molecule has 0 saturated carbocycles. The summed E-state index contributed by atoms with van der Waals surface area (Å²) >= 11 is 0. The van der Waals surface area contributed by atoms with E-state index in [9.17, 15) is 14.0 Å². The largest absolute Gasteiger partial charge is 0.493 e. The van der Waals surface area contributed by atoms with Gasteiger partial charge in [-0.25, -0.2) is 4.39 Å². The minimum absolute atomic E-state index is 0.175. The number of para-hydroxylation sites is 2. The van der Waals surface area contributed by atoms with Gasteiger partial charge in [0.05, 0.1) is 13.7 Å². The van der Waals surface area contributed by atoms with Gasteiger partial charge >= 0.3 is 0 Å². The average Bonchev–Trinajstić information content (AvgIpc) is 2.66. The molecule has 26 heavy (non-hydrogen) atoms. The smallest absolute Gasteiger partial charge is 0.258 e. The van der Waals surface area contributed by atoms with Crippen molar-refractivity contribution in [2.45, 2.75) is 6.42 Å². The van der Waals surface area contributed by atoms with Crippen molar-refractivity contribution < 1.29 is 23.5 Å². The van der Waals surface area contributed by atoms with Crippen LogP contribution in [-0.2, 0) is 16.0 Å². The van der Waals surface area contributed by atoms with E-state index in [1.165, 1.54) is 13.2 Å². The van der Waals surface area contributed by atoms with Crippen LogP contribution in [0.1, 0.15) is 5.56 Å². The van der Waals surface area contributed by atoms with Gasteiger partial charge < -0.3 is 20.1 Å². The molecule has 0 spiro atoms. The second kappa shape index (κ2) is 10.0. The number of halogens is 1. The molecule has 0 radical (unpaired) electrons. The summed E-state index contributed by atoms with van der Waals surface area (Å²) in [4.78, 5) is 23.5. The molecule has 6 nitrogen and oxygen atoms in total. The fraction of sp³-hybridized carbons (Fsp3) is 0.263. The van der Waals surface area contributed by atoms with Crippen molar-refractivity contribution in [3.8, 4) is 11.5 Å². The lowest BCUT2D eigenvalue weighted by atomic mass is 10.1. The van der Waals surface area contributed by atoms with Gasteiger partial charge in [-0.3, -0.25) is 9.59 Å². The number of hydrogen-bond donors (Lipinski definition) is 2. The standard InChI is InChI=1S/C19H21FN2O4/c1-25-16-8-4-5-9-17(16)26-13-19(24)22-12-18(23)21-11-10-14-6-2-3-7-15(14)20/h2-9H,10-13H2,1H3,(H,21,23)(H,22,24). The molecule has 0 aliphatic carbocycles. The highest BCUT2D eigenvalue weighted by molar-refractivity contribution is 5.85. The Kier molecular flexibility index (Phi) is 7.42. The zero-order chi connectivity index (χ0) is 18.8. The van der Waals surface area contributed by atoms with Crippen molar-refractivity contribution in [3.05, 3.63) is 59.9 Å². The van der Waals surface area contributed by atoms with Crippen molar-refractivity contribution >= 4 is 11.8 Å². The predicted molar refractivity (Wildman–Crippen MR) is 94.6 cm³/mol. The molecular formula is C19H21FN2O4. The Morgan fingerprint density at radius 2 is 1.65 bits per heavy atom. The molecule has 2 aromatic carbocycles. The topological polar surface area (TPSA) is 76.7 Å². The van der Waals surface area contributed by atoms with E-state index < -0.39 is 5.91 Å². The Morgan fingerprint density at radius 1 is 0.962 bits per heavy atom. The summed E-state index contributed by atoms with van der Waals surface area (Å²) in [6, 6.07) is 13.3. The minimum Gasteiger partial charge on any atom is -0.493 e. The molecule has 0 atom stereocenters. The highest BCUT2D eigenvalue weighted by Crippen LogP contribution is 2.25. The van der Waals surface area contributed by atoms with Crippen molar-refractivity contribution in [2.24, 2.45) is 0 Å². The minimum atomic E-state index is -0.430. The Labute approximate surface area is 151 Å². The SMILES string of the molecule is COc1ccccc1OCC(=O)NCC(=O)NCCc1ccccc1F. The van der Waals surface area contributed by atoms with Crippen LogP contribution in [-0.4, -0.2) is 38.6 Å². The number of ether oxygens (including phenoxy) is 2. The Balaban J connectivity index is 1.65. The molecule has 2 aromatic rings. The maximum absolute atomic E-state index is 13.5. The molecular weight excluding hydrogens is 339 g/mol. The molecule has 2 rings (SSSR count). The maximum Gasteiger partial charge on any atom is 0.258 e. The van der Waals surface area contributed by atoms with Gasteiger partial charge in [-0.2, -0.15) is 0 Å². The van der Waals surface area contributed by atoms with Crippen LogP contribution in [0.15, 0.2) is 48.5 Å². The number of hydrogen-bond acceptors (Lipinski definition) is 4. The van der Waals surface area contributed by atoms with E-state index in [-0.39, 0.29) is 31.4 Å². The van der Waals surface area contributed by atoms with Crippen molar-refractivity contribution in [2.75, 3.05) is 26.8 Å². The summed E-state index contributed by atoms with van der Waals surface area (Å²) in [7, 11) is 1.51. The molecule has 7 heteroatoms. The zero-order valence-electron chi connectivity index (χ0n) is 14.5. The van der Waals surface area contributed by atoms with Gasteiger partial charge in [-0.05, 0) is 30.2 Å². The van der Waals surface area contributed by atoms with Crippen molar-refractivity contribution in [3.63, 3.8) is 0 Å². The predicted octanol–water partition coefficient (Wildman–Crippen LogP) is 1.69. The number of carbonyl (C=O) groups excluding carboxylic acids is 2. The monoisotopic (exact) mass is 360 g/mol. The van der Waals surface area contributed by atoms with Crippen LogP contribution in [0.4, 0.5) is 4.39 Å². The molecule has 0 heterocycles. The second-order valence-corrected chi connectivity index (χ2v) is 5.41. The van der Waals surface area contributed by atoms with Gasteiger partial charge in [0.15, 0.2) is 18.1 Å². The van der Waals surface area contributed by atoms with Gasteiger partial charge in [-0.1, -0.05) is 30.3 Å². The Bertz CT molecular complexity index is 752. The summed E-state index contributed by atoms with van der Waals surface area (Å²) in [5, 5.41) is 5.08. The molecule has 0 aliphatic heterocycles. The number of methoxy groups -OCH3 is 1. The quantitative estimate of drug-likeness (QED) is 0.714. The summed E-state index contributed by atoms with van der Waals surface area (Å²) < 4.78 is 23.9. The molecule has 0 unspecified atom stereocenters. The van der Waals surface area contributed by atoms with Gasteiger partial charge in [0, 0.05) is 6.54 Å². The van der Waals surface area contributed by atoms with Gasteiger partial charge in [0.2, 0.25) is 5.91 Å². The van der Waals surface area contributed by atoms with E-state index >= 15 is 0 Å². The van der Waals surface area contributed by atoms with Crippen LogP contribution < -0.4 is 20.1 Å². The number of benzene rings is 2. The highest BCUT2D eigenvalue weighted by Gasteiger charge is 2.09. The van der Waals surface area contributed by atoms with E-state index in [1.54, 1.807) is 42.5 Å². The summed E-state index contributed by atoms with van der Waals surface area (Å²) in [6.07, 6.45) is 0.378. The van der Waals surface area contributed by atoms with Gasteiger partial charge in [0.1, 0.15) is 5.82 Å². The van der Waals surface area contributed by atoms with E-state index in [0.29, 0.717) is 23.5 Å². The third kappa shape index (κ3) is 6.08. The molecule has 0 bridgehead atoms. The lowest BCUT2D eigenvalue weighted by Gasteiger charge is -2.10. The highest BCUT2D eigenvalue weighted by atomic mass is 19.1. The Morgan fingerprint density at radius 3 is 2.38 bits per heavy atom. The van der Waals surface area contributed by atoms with Crippen molar-refractivity contribution in [1.29, 1.82) is 0 Å². The first kappa shape index (κ1) is 19.2. The van der Waals surface area contributed by atoms with E-state index in [4.69, 9.17) is 9.47 Å². The average molecular weight is 360 g/mol. The Hall–Kier alpha value is -3.09. The molecule has 2 N–H and O–H groups in total. The van der Waals surface area contributed by atoms with Crippen LogP contribution in [0.25, 0.3) is 0 Å². The van der Waals surface area contributed by atoms with Crippen LogP contribution in [0.3, 0.4) is 0 Å². The van der Waals surface area contributed by atoms with Crippen LogP contribution in [0, 0.1) is 5.82 Å². The van der Waals surface area contributed by atoms with Gasteiger partial charge in [-0.15, -0.1) is 0 Å². The van der Waals surface area contributed by atoms with E-state index in [1.807, 2.05) is 0 Å². The fourth-order valence-corrected chi connectivity index (χ4v) is 2.21. The first-order valence-corrected chi connectivity index (χ1v) is 8.12. The number of amides is 2. The van der Waals surface area contributed by atoms with Crippen LogP contribution in [0.5, 0.6) is 11.5 Å². The summed E-state index contributed by atoms with van der Waals surface area (Å²) in [5.41, 5.74) is 0.530. The summed E-state index contributed by atoms with van der Waals surface area (Å²) in [6.45, 7) is -0.123. The van der Waals surface area contributed by atoms with E-state index in [2.05, 4.69) is 10.6 Å². The normalized spacial score (nSPS) is 10.1. The lowest BCUT2D eigenvalue weighted by Crippen LogP contribution is -2.39. The lowest BCUT2D eigenvalue weighted by molar-refractivity contribution is -0.127. The third-order valence-electron chi connectivity index (χ3n) is 3.55. The first-order valence-electron chi connectivity index (χ1n) is 8.12. The third-order valence-corrected chi connectivity index (χ3v) is 3.55. The number of rotatable bonds is 9. The van der Waals surface area contributed by atoms with Crippen LogP contribution in [0.2, 0.25) is 0 Å². The maximum atomic E-state index is 13.5. The molecule has 0 saturated heterocycles. The first-order chi connectivity index (χ1) is 12.6. The number of carbonyl (C=O) groups is 2.